The number of hydrogen-bond donors (Lipinski definition) is 1. The second kappa shape index (κ2) is 6.32. The zero-order chi connectivity index (χ0) is 14.5. The molecule has 1 fully saturated rings. The lowest BCUT2D eigenvalue weighted by atomic mass is 10.1. The summed E-state index contributed by atoms with van der Waals surface area (Å²) in [5.74, 6) is -0.620. The Morgan fingerprint density at radius 1 is 1.45 bits per heavy atom. The molecule has 1 aliphatic rings. The molecule has 20 heavy (non-hydrogen) atoms. The van der Waals surface area contributed by atoms with Crippen LogP contribution in [0.1, 0.15) is 18.9 Å². The smallest absolute Gasteiger partial charge is 0.247 e. The Labute approximate surface area is 117 Å². The van der Waals surface area contributed by atoms with Gasteiger partial charge in [0, 0.05) is 19.2 Å². The fraction of sp³-hybridized carbons (Fsp3) is 0.333. The minimum atomic E-state index is -0.408. The van der Waals surface area contributed by atoms with Crippen LogP contribution in [0.5, 0.6) is 0 Å². The molecule has 1 aliphatic heterocycles. The third-order valence-electron chi connectivity index (χ3n) is 3.29. The Morgan fingerprint density at radius 2 is 2.15 bits per heavy atom. The minimum Gasteiger partial charge on any atom is -0.353 e. The summed E-state index contributed by atoms with van der Waals surface area (Å²) >= 11 is 0. The van der Waals surface area contributed by atoms with Gasteiger partial charge in [0.1, 0.15) is 11.9 Å². The Kier molecular flexibility index (Phi) is 4.50. The molecule has 4 nitrogen and oxygen atoms in total. The Bertz CT molecular complexity index is 525. The highest BCUT2D eigenvalue weighted by atomic mass is 19.1. The average Bonchev–Trinajstić information content (AvgIpc) is 2.46. The standard InChI is InChI=1S/C15H17FN2O2/c1-2-13-15(20)17-9-10-18(13)14(19)8-5-11-3-6-12(16)7-4-11/h3-8,13H,2,9-10H2,1H3,(H,17,20)/b8-5+/t13-/m1/s1. The summed E-state index contributed by atoms with van der Waals surface area (Å²) in [5.41, 5.74) is 0.745. The molecular formula is C15H17FN2O2. The number of rotatable bonds is 3. The number of halogens is 1. The number of nitrogens with one attached hydrogen (secondary N) is 1. The van der Waals surface area contributed by atoms with Crippen LogP contribution in [0.25, 0.3) is 6.08 Å². The number of piperazine rings is 1. The predicted octanol–water partition coefficient (Wildman–Crippen LogP) is 1.58. The predicted molar refractivity (Wildman–Crippen MR) is 74.2 cm³/mol. The highest BCUT2D eigenvalue weighted by Crippen LogP contribution is 2.11. The van der Waals surface area contributed by atoms with Gasteiger partial charge in [-0.3, -0.25) is 9.59 Å². The molecule has 5 heteroatoms. The third-order valence-corrected chi connectivity index (χ3v) is 3.29. The van der Waals surface area contributed by atoms with Crippen molar-refractivity contribution in [3.8, 4) is 0 Å². The lowest BCUT2D eigenvalue weighted by Gasteiger charge is -2.33. The Balaban J connectivity index is 2.06. The molecule has 1 saturated heterocycles. The van der Waals surface area contributed by atoms with Gasteiger partial charge in [-0.15, -0.1) is 0 Å². The highest BCUT2D eigenvalue weighted by molar-refractivity contribution is 5.96. The Morgan fingerprint density at radius 3 is 2.80 bits per heavy atom. The molecule has 0 saturated carbocycles. The van der Waals surface area contributed by atoms with Crippen LogP contribution >= 0.6 is 0 Å². The van der Waals surface area contributed by atoms with Crippen LogP contribution in [0.2, 0.25) is 0 Å². The maximum Gasteiger partial charge on any atom is 0.247 e. The first-order valence-corrected chi connectivity index (χ1v) is 6.63. The number of carbonyl (C=O) groups excluding carboxylic acids is 2. The molecule has 1 atom stereocenters. The number of hydrogen-bond acceptors (Lipinski definition) is 2. The summed E-state index contributed by atoms with van der Waals surface area (Å²) in [6.45, 7) is 2.86. The van der Waals surface area contributed by atoms with Gasteiger partial charge in [0.2, 0.25) is 11.8 Å². The molecule has 1 aromatic rings. The van der Waals surface area contributed by atoms with E-state index in [1.54, 1.807) is 23.1 Å². The van der Waals surface area contributed by atoms with E-state index in [1.807, 2.05) is 6.92 Å². The molecule has 1 aromatic carbocycles. The molecule has 0 unspecified atom stereocenters. The first kappa shape index (κ1) is 14.2. The fourth-order valence-corrected chi connectivity index (χ4v) is 2.22. The van der Waals surface area contributed by atoms with Gasteiger partial charge in [0.15, 0.2) is 0 Å². The van der Waals surface area contributed by atoms with Crippen molar-refractivity contribution in [2.75, 3.05) is 13.1 Å². The summed E-state index contributed by atoms with van der Waals surface area (Å²) in [7, 11) is 0. The summed E-state index contributed by atoms with van der Waals surface area (Å²) in [6, 6.07) is 5.47. The molecule has 0 bridgehead atoms. The topological polar surface area (TPSA) is 49.4 Å². The van der Waals surface area contributed by atoms with Crippen LogP contribution in [0.3, 0.4) is 0 Å². The van der Waals surface area contributed by atoms with Crippen LogP contribution in [0, 0.1) is 5.82 Å². The van der Waals surface area contributed by atoms with Gasteiger partial charge in [-0.05, 0) is 30.2 Å². The number of amides is 2. The molecule has 0 aliphatic carbocycles. The first-order chi connectivity index (χ1) is 9.61. The van der Waals surface area contributed by atoms with Gasteiger partial charge in [-0.1, -0.05) is 19.1 Å². The highest BCUT2D eigenvalue weighted by Gasteiger charge is 2.30. The van der Waals surface area contributed by atoms with Crippen molar-refractivity contribution >= 4 is 17.9 Å². The fourth-order valence-electron chi connectivity index (χ4n) is 2.22. The minimum absolute atomic E-state index is 0.109. The maximum absolute atomic E-state index is 12.8. The van der Waals surface area contributed by atoms with E-state index >= 15 is 0 Å². The van der Waals surface area contributed by atoms with Crippen LogP contribution in [-0.2, 0) is 9.59 Å². The van der Waals surface area contributed by atoms with Gasteiger partial charge >= 0.3 is 0 Å². The molecule has 106 valence electrons. The monoisotopic (exact) mass is 276 g/mol. The Hall–Kier alpha value is -2.17. The van der Waals surface area contributed by atoms with Crippen molar-refractivity contribution in [1.82, 2.24) is 10.2 Å². The van der Waals surface area contributed by atoms with Crippen LogP contribution in [0.15, 0.2) is 30.3 Å². The second-order valence-electron chi connectivity index (χ2n) is 4.63. The lowest BCUT2D eigenvalue weighted by molar-refractivity contribution is -0.140. The molecular weight excluding hydrogens is 259 g/mol. The molecule has 2 amide bonds. The molecule has 0 radical (unpaired) electrons. The number of benzene rings is 1. The van der Waals surface area contributed by atoms with Crippen molar-refractivity contribution in [2.24, 2.45) is 0 Å². The van der Waals surface area contributed by atoms with E-state index in [9.17, 15) is 14.0 Å². The van der Waals surface area contributed by atoms with E-state index in [0.717, 1.165) is 5.56 Å². The third kappa shape index (κ3) is 3.23. The van der Waals surface area contributed by atoms with Gasteiger partial charge in [-0.25, -0.2) is 4.39 Å². The summed E-state index contributed by atoms with van der Waals surface area (Å²) in [6.07, 6.45) is 3.64. The van der Waals surface area contributed by atoms with Crippen molar-refractivity contribution < 1.29 is 14.0 Å². The first-order valence-electron chi connectivity index (χ1n) is 6.63. The second-order valence-corrected chi connectivity index (χ2v) is 4.63. The van der Waals surface area contributed by atoms with E-state index in [0.29, 0.717) is 19.5 Å². The van der Waals surface area contributed by atoms with Gasteiger partial charge < -0.3 is 10.2 Å². The van der Waals surface area contributed by atoms with Gasteiger partial charge in [0.05, 0.1) is 0 Å². The lowest BCUT2D eigenvalue weighted by Crippen LogP contribution is -2.56. The van der Waals surface area contributed by atoms with Crippen molar-refractivity contribution in [2.45, 2.75) is 19.4 Å². The quantitative estimate of drug-likeness (QED) is 0.852. The van der Waals surface area contributed by atoms with Crippen LogP contribution in [-0.4, -0.2) is 35.8 Å². The summed E-state index contributed by atoms with van der Waals surface area (Å²) < 4.78 is 12.8. The summed E-state index contributed by atoms with van der Waals surface area (Å²) in [4.78, 5) is 25.4. The van der Waals surface area contributed by atoms with E-state index in [2.05, 4.69) is 5.32 Å². The van der Waals surface area contributed by atoms with Crippen molar-refractivity contribution in [3.05, 3.63) is 41.7 Å². The SMILES string of the molecule is CC[C@@H]1C(=O)NCCN1C(=O)/C=C/c1ccc(F)cc1. The number of carbonyl (C=O) groups is 2. The zero-order valence-electron chi connectivity index (χ0n) is 11.3. The van der Waals surface area contributed by atoms with E-state index in [-0.39, 0.29) is 17.6 Å². The molecule has 1 heterocycles. The molecule has 1 N–H and O–H groups in total. The van der Waals surface area contributed by atoms with Crippen molar-refractivity contribution in [1.29, 1.82) is 0 Å². The van der Waals surface area contributed by atoms with Crippen LogP contribution < -0.4 is 5.32 Å². The normalized spacial score (nSPS) is 19.2. The number of nitrogens with zero attached hydrogens (tertiary/aromatic N) is 1. The zero-order valence-corrected chi connectivity index (χ0v) is 11.3. The van der Waals surface area contributed by atoms with Crippen molar-refractivity contribution in [3.63, 3.8) is 0 Å². The molecule has 0 spiro atoms. The van der Waals surface area contributed by atoms with E-state index in [4.69, 9.17) is 0 Å². The molecule has 2 rings (SSSR count). The van der Waals surface area contributed by atoms with E-state index in [1.165, 1.54) is 18.2 Å². The largest absolute Gasteiger partial charge is 0.353 e. The summed E-state index contributed by atoms with van der Waals surface area (Å²) in [5, 5.41) is 2.75. The maximum atomic E-state index is 12.8. The van der Waals surface area contributed by atoms with Gasteiger partial charge in [-0.2, -0.15) is 0 Å². The van der Waals surface area contributed by atoms with Gasteiger partial charge in [0.25, 0.3) is 0 Å². The molecule has 0 aromatic heterocycles. The van der Waals surface area contributed by atoms with E-state index < -0.39 is 6.04 Å². The average molecular weight is 276 g/mol. The van der Waals surface area contributed by atoms with Crippen LogP contribution in [0.4, 0.5) is 4.39 Å².